The Morgan fingerprint density at radius 2 is 2.00 bits per heavy atom. The van der Waals surface area contributed by atoms with E-state index in [1.165, 1.54) is 0 Å². The van der Waals surface area contributed by atoms with Crippen molar-refractivity contribution < 1.29 is 5.11 Å². The third kappa shape index (κ3) is 2.71. The SMILES string of the molecule is C=Cc1ccc(C(O)CCC)cc1. The Labute approximate surface area is 79.7 Å². The summed E-state index contributed by atoms with van der Waals surface area (Å²) in [5.74, 6) is 0. The highest BCUT2D eigenvalue weighted by Gasteiger charge is 2.04. The van der Waals surface area contributed by atoms with Gasteiger partial charge in [-0.1, -0.05) is 50.3 Å². The van der Waals surface area contributed by atoms with Crippen LogP contribution in [0.4, 0.5) is 0 Å². The van der Waals surface area contributed by atoms with E-state index in [0.29, 0.717) is 0 Å². The fraction of sp³-hybridized carbons (Fsp3) is 0.333. The third-order valence-corrected chi connectivity index (χ3v) is 2.12. The lowest BCUT2D eigenvalue weighted by Gasteiger charge is -2.09. The van der Waals surface area contributed by atoms with Gasteiger partial charge in [0.1, 0.15) is 0 Å². The first-order valence-electron chi connectivity index (χ1n) is 4.68. The van der Waals surface area contributed by atoms with Gasteiger partial charge in [-0.2, -0.15) is 0 Å². The normalized spacial score (nSPS) is 12.5. The second-order valence-electron chi connectivity index (χ2n) is 3.18. The Morgan fingerprint density at radius 1 is 1.38 bits per heavy atom. The third-order valence-electron chi connectivity index (χ3n) is 2.12. The molecule has 0 saturated heterocycles. The first kappa shape index (κ1) is 10.0. The average Bonchev–Trinajstić information content (AvgIpc) is 2.18. The van der Waals surface area contributed by atoms with Crippen molar-refractivity contribution in [2.24, 2.45) is 0 Å². The number of aliphatic hydroxyl groups is 1. The molecule has 1 aromatic rings. The molecule has 1 atom stereocenters. The Morgan fingerprint density at radius 3 is 2.46 bits per heavy atom. The minimum atomic E-state index is -0.316. The van der Waals surface area contributed by atoms with E-state index in [-0.39, 0.29) is 6.10 Å². The molecule has 0 heterocycles. The van der Waals surface area contributed by atoms with Gasteiger partial charge in [0.2, 0.25) is 0 Å². The van der Waals surface area contributed by atoms with E-state index in [9.17, 15) is 5.11 Å². The second kappa shape index (κ2) is 4.83. The van der Waals surface area contributed by atoms with Crippen molar-refractivity contribution in [1.82, 2.24) is 0 Å². The van der Waals surface area contributed by atoms with E-state index < -0.39 is 0 Å². The molecule has 0 bridgehead atoms. The zero-order chi connectivity index (χ0) is 9.68. The van der Waals surface area contributed by atoms with Crippen LogP contribution in [0.15, 0.2) is 30.8 Å². The Kier molecular flexibility index (Phi) is 3.71. The van der Waals surface area contributed by atoms with Crippen molar-refractivity contribution in [3.63, 3.8) is 0 Å². The maximum absolute atomic E-state index is 9.66. The summed E-state index contributed by atoms with van der Waals surface area (Å²) >= 11 is 0. The number of aliphatic hydroxyl groups excluding tert-OH is 1. The Hall–Kier alpha value is -1.08. The molecule has 70 valence electrons. The van der Waals surface area contributed by atoms with Gasteiger partial charge in [-0.3, -0.25) is 0 Å². The highest BCUT2D eigenvalue weighted by molar-refractivity contribution is 5.47. The van der Waals surface area contributed by atoms with Crippen LogP contribution >= 0.6 is 0 Å². The molecule has 1 heteroatoms. The molecule has 0 aliphatic heterocycles. The number of rotatable bonds is 4. The van der Waals surface area contributed by atoms with Crippen LogP contribution in [0, 0.1) is 0 Å². The lowest BCUT2D eigenvalue weighted by molar-refractivity contribution is 0.166. The quantitative estimate of drug-likeness (QED) is 0.747. The molecule has 0 spiro atoms. The fourth-order valence-electron chi connectivity index (χ4n) is 1.29. The van der Waals surface area contributed by atoms with Crippen molar-refractivity contribution in [3.05, 3.63) is 42.0 Å². The molecule has 0 aliphatic carbocycles. The summed E-state index contributed by atoms with van der Waals surface area (Å²) in [4.78, 5) is 0. The summed E-state index contributed by atoms with van der Waals surface area (Å²) in [7, 11) is 0. The lowest BCUT2D eigenvalue weighted by Crippen LogP contribution is -1.95. The fourth-order valence-corrected chi connectivity index (χ4v) is 1.29. The summed E-state index contributed by atoms with van der Waals surface area (Å²) in [5.41, 5.74) is 2.08. The molecule has 0 aromatic heterocycles. The van der Waals surface area contributed by atoms with E-state index in [2.05, 4.69) is 13.5 Å². The van der Waals surface area contributed by atoms with Crippen LogP contribution in [-0.4, -0.2) is 5.11 Å². The largest absolute Gasteiger partial charge is 0.388 e. The highest BCUT2D eigenvalue weighted by Crippen LogP contribution is 2.18. The van der Waals surface area contributed by atoms with E-state index >= 15 is 0 Å². The van der Waals surface area contributed by atoms with Gasteiger partial charge in [0.05, 0.1) is 6.10 Å². The predicted octanol–water partition coefficient (Wildman–Crippen LogP) is 3.16. The molecule has 13 heavy (non-hydrogen) atoms. The molecule has 0 saturated carbocycles. The Bertz CT molecular complexity index is 261. The van der Waals surface area contributed by atoms with Crippen molar-refractivity contribution >= 4 is 6.08 Å². The van der Waals surface area contributed by atoms with E-state index in [1.54, 1.807) is 6.08 Å². The van der Waals surface area contributed by atoms with Crippen LogP contribution in [0.25, 0.3) is 6.08 Å². The predicted molar refractivity (Wildman–Crippen MR) is 56.4 cm³/mol. The highest BCUT2D eigenvalue weighted by atomic mass is 16.3. The molecule has 1 nitrogen and oxygen atoms in total. The lowest BCUT2D eigenvalue weighted by atomic mass is 10.0. The van der Waals surface area contributed by atoms with Crippen LogP contribution in [0.2, 0.25) is 0 Å². The molecule has 1 N–H and O–H groups in total. The van der Waals surface area contributed by atoms with Crippen LogP contribution in [0.3, 0.4) is 0 Å². The zero-order valence-corrected chi connectivity index (χ0v) is 8.03. The van der Waals surface area contributed by atoms with Gasteiger partial charge in [-0.05, 0) is 17.5 Å². The van der Waals surface area contributed by atoms with E-state index in [4.69, 9.17) is 0 Å². The van der Waals surface area contributed by atoms with Crippen molar-refractivity contribution in [2.75, 3.05) is 0 Å². The summed E-state index contributed by atoms with van der Waals surface area (Å²) in [6.45, 7) is 5.75. The molecule has 0 fully saturated rings. The summed E-state index contributed by atoms with van der Waals surface area (Å²) in [6.07, 6.45) is 3.32. The molecular formula is C12H16O. The maximum Gasteiger partial charge on any atom is 0.0790 e. The van der Waals surface area contributed by atoms with Gasteiger partial charge >= 0.3 is 0 Å². The first-order valence-corrected chi connectivity index (χ1v) is 4.68. The monoisotopic (exact) mass is 176 g/mol. The van der Waals surface area contributed by atoms with Crippen LogP contribution < -0.4 is 0 Å². The van der Waals surface area contributed by atoms with E-state index in [0.717, 1.165) is 24.0 Å². The van der Waals surface area contributed by atoms with Gasteiger partial charge in [-0.25, -0.2) is 0 Å². The number of hydrogen-bond donors (Lipinski definition) is 1. The van der Waals surface area contributed by atoms with Gasteiger partial charge in [0.15, 0.2) is 0 Å². The minimum Gasteiger partial charge on any atom is -0.388 e. The standard InChI is InChI=1S/C12H16O/c1-3-5-12(13)11-8-6-10(4-2)7-9-11/h4,6-9,12-13H,2-3,5H2,1H3. The molecule has 0 radical (unpaired) electrons. The van der Waals surface area contributed by atoms with Gasteiger partial charge in [0.25, 0.3) is 0 Å². The summed E-state index contributed by atoms with van der Waals surface area (Å²) in [5, 5.41) is 9.66. The summed E-state index contributed by atoms with van der Waals surface area (Å²) < 4.78 is 0. The average molecular weight is 176 g/mol. The zero-order valence-electron chi connectivity index (χ0n) is 8.03. The van der Waals surface area contributed by atoms with E-state index in [1.807, 2.05) is 24.3 Å². The van der Waals surface area contributed by atoms with Crippen LogP contribution in [-0.2, 0) is 0 Å². The molecule has 1 aromatic carbocycles. The van der Waals surface area contributed by atoms with Gasteiger partial charge in [0, 0.05) is 0 Å². The molecule has 0 aliphatic rings. The van der Waals surface area contributed by atoms with Crippen LogP contribution in [0.1, 0.15) is 37.0 Å². The Balaban J connectivity index is 2.73. The summed E-state index contributed by atoms with van der Waals surface area (Å²) in [6, 6.07) is 7.86. The van der Waals surface area contributed by atoms with Crippen LogP contribution in [0.5, 0.6) is 0 Å². The number of hydrogen-bond acceptors (Lipinski definition) is 1. The van der Waals surface area contributed by atoms with Crippen molar-refractivity contribution in [2.45, 2.75) is 25.9 Å². The second-order valence-corrected chi connectivity index (χ2v) is 3.18. The molecule has 0 amide bonds. The number of benzene rings is 1. The molecule has 1 rings (SSSR count). The maximum atomic E-state index is 9.66. The minimum absolute atomic E-state index is 0.316. The van der Waals surface area contributed by atoms with Crippen molar-refractivity contribution in [3.8, 4) is 0 Å². The van der Waals surface area contributed by atoms with Gasteiger partial charge < -0.3 is 5.11 Å². The smallest absolute Gasteiger partial charge is 0.0790 e. The molecule has 1 unspecified atom stereocenters. The topological polar surface area (TPSA) is 20.2 Å². The first-order chi connectivity index (χ1) is 6.27. The van der Waals surface area contributed by atoms with Crippen molar-refractivity contribution in [1.29, 1.82) is 0 Å². The molecular weight excluding hydrogens is 160 g/mol. The van der Waals surface area contributed by atoms with Gasteiger partial charge in [-0.15, -0.1) is 0 Å².